The van der Waals surface area contributed by atoms with Crippen LogP contribution in [0.25, 0.3) is 5.69 Å². The summed E-state index contributed by atoms with van der Waals surface area (Å²) in [5, 5.41) is 3.86. The fourth-order valence-corrected chi connectivity index (χ4v) is 4.31. The monoisotopic (exact) mass is 379 g/mol. The highest BCUT2D eigenvalue weighted by Crippen LogP contribution is 2.31. The number of hydrogen-bond acceptors (Lipinski definition) is 4. The highest BCUT2D eigenvalue weighted by atomic mass is 32.2. The van der Waals surface area contributed by atoms with Crippen LogP contribution < -0.4 is 5.32 Å². The minimum Gasteiger partial charge on any atom is -0.376 e. The van der Waals surface area contributed by atoms with E-state index >= 15 is 0 Å². The Labute approximate surface area is 162 Å². The molecule has 4 rings (SSSR count). The van der Waals surface area contributed by atoms with Crippen molar-refractivity contribution in [3.05, 3.63) is 72.1 Å². The van der Waals surface area contributed by atoms with Crippen molar-refractivity contribution < 1.29 is 9.53 Å². The molecular weight excluding hydrogens is 358 g/mol. The molecule has 0 aliphatic carbocycles. The number of rotatable bonds is 6. The number of aromatic nitrogens is 2. The van der Waals surface area contributed by atoms with Gasteiger partial charge in [-0.2, -0.15) is 0 Å². The van der Waals surface area contributed by atoms with Crippen molar-refractivity contribution in [3.8, 4) is 5.69 Å². The fraction of sp³-hybridized carbons (Fsp3) is 0.238. The number of nitrogens with one attached hydrogen (secondary N) is 1. The molecular formula is C21H21N3O2S. The zero-order valence-electron chi connectivity index (χ0n) is 15.1. The molecule has 0 saturated carbocycles. The van der Waals surface area contributed by atoms with E-state index in [1.165, 1.54) is 5.56 Å². The summed E-state index contributed by atoms with van der Waals surface area (Å²) in [6.45, 7) is 0. The van der Waals surface area contributed by atoms with Gasteiger partial charge in [-0.15, -0.1) is 0 Å². The second-order valence-electron chi connectivity index (χ2n) is 6.42. The van der Waals surface area contributed by atoms with Crippen molar-refractivity contribution in [1.29, 1.82) is 0 Å². The van der Waals surface area contributed by atoms with Crippen molar-refractivity contribution in [3.63, 3.8) is 0 Å². The van der Waals surface area contributed by atoms with Gasteiger partial charge in [0.25, 0.3) is 0 Å². The molecule has 1 aromatic heterocycles. The summed E-state index contributed by atoms with van der Waals surface area (Å²) in [6.07, 6.45) is 5.06. The van der Waals surface area contributed by atoms with E-state index in [9.17, 15) is 4.79 Å². The minimum absolute atomic E-state index is 0.0427. The Hall–Kier alpha value is -2.57. The van der Waals surface area contributed by atoms with Gasteiger partial charge in [0, 0.05) is 43.1 Å². The van der Waals surface area contributed by atoms with E-state index in [0.717, 1.165) is 34.3 Å². The van der Waals surface area contributed by atoms with Crippen molar-refractivity contribution in [1.82, 2.24) is 9.55 Å². The Morgan fingerprint density at radius 1 is 1.22 bits per heavy atom. The number of thioether (sulfide) groups is 1. The molecule has 1 aliphatic heterocycles. The van der Waals surface area contributed by atoms with Crippen LogP contribution in [0.2, 0.25) is 0 Å². The van der Waals surface area contributed by atoms with Crippen molar-refractivity contribution >= 4 is 23.4 Å². The van der Waals surface area contributed by atoms with Gasteiger partial charge in [-0.1, -0.05) is 42.1 Å². The first-order chi connectivity index (χ1) is 13.2. The highest BCUT2D eigenvalue weighted by molar-refractivity contribution is 7.99. The number of nitrogens with zero attached hydrogens (tertiary/aromatic N) is 2. The number of aryl methyl sites for hydroxylation is 1. The molecule has 0 bridgehead atoms. The van der Waals surface area contributed by atoms with Crippen LogP contribution in [0.1, 0.15) is 23.7 Å². The summed E-state index contributed by atoms with van der Waals surface area (Å²) in [7, 11) is 1.73. The van der Waals surface area contributed by atoms with E-state index in [2.05, 4.69) is 33.1 Å². The molecule has 5 nitrogen and oxygen atoms in total. The van der Waals surface area contributed by atoms with Gasteiger partial charge in [0.1, 0.15) is 0 Å². The van der Waals surface area contributed by atoms with Gasteiger partial charge in [0.05, 0.1) is 6.10 Å². The Balaban J connectivity index is 1.49. The highest BCUT2D eigenvalue weighted by Gasteiger charge is 2.19. The topological polar surface area (TPSA) is 56.2 Å². The zero-order valence-corrected chi connectivity index (χ0v) is 15.9. The maximum atomic E-state index is 11.5. The molecule has 0 radical (unpaired) electrons. The normalized spacial score (nSPS) is 14.5. The number of anilines is 1. The van der Waals surface area contributed by atoms with E-state index in [1.54, 1.807) is 18.9 Å². The smallest absolute Gasteiger partial charge is 0.224 e. The van der Waals surface area contributed by atoms with E-state index in [1.807, 2.05) is 42.7 Å². The van der Waals surface area contributed by atoms with Crippen molar-refractivity contribution in [2.75, 3.05) is 18.2 Å². The van der Waals surface area contributed by atoms with Crippen LogP contribution in [0.4, 0.5) is 5.69 Å². The number of benzene rings is 2. The predicted molar refractivity (Wildman–Crippen MR) is 107 cm³/mol. The Bertz CT molecular complexity index is 940. The second kappa shape index (κ2) is 7.98. The molecule has 2 heterocycles. The summed E-state index contributed by atoms with van der Waals surface area (Å²) in [5.74, 6) is 0.840. The predicted octanol–water partition coefficient (Wildman–Crippen LogP) is 4.24. The molecule has 1 unspecified atom stereocenters. The average Bonchev–Trinajstić information content (AvgIpc) is 3.18. The molecule has 2 aromatic carbocycles. The summed E-state index contributed by atoms with van der Waals surface area (Å²) < 4.78 is 7.83. The van der Waals surface area contributed by atoms with Crippen LogP contribution in [0, 0.1) is 0 Å². The number of hydrogen-bond donors (Lipinski definition) is 1. The third-order valence-corrected chi connectivity index (χ3v) is 5.72. The molecule has 27 heavy (non-hydrogen) atoms. The number of carbonyl (C=O) groups is 1. The van der Waals surface area contributed by atoms with E-state index in [0.29, 0.717) is 6.42 Å². The molecule has 1 aliphatic rings. The third kappa shape index (κ3) is 3.91. The molecule has 1 N–H and O–H groups in total. The Morgan fingerprint density at radius 2 is 2.07 bits per heavy atom. The quantitative estimate of drug-likeness (QED) is 0.651. The molecule has 1 atom stereocenters. The number of imidazole rings is 1. The minimum atomic E-state index is -0.0427. The molecule has 1 amide bonds. The fourth-order valence-electron chi connectivity index (χ4n) is 3.24. The number of fused-ring (bicyclic) bond motifs is 1. The first kappa shape index (κ1) is 17.8. The standard InChI is InChI=1S/C21H21N3O2S/c1-26-19(16-7-9-18-15(13-16)8-10-20(25)23-18)14-27-21-22-11-12-24(21)17-5-3-2-4-6-17/h2-7,9,11-13,19H,8,10,14H2,1H3,(H,23,25). The van der Waals surface area contributed by atoms with Gasteiger partial charge < -0.3 is 10.1 Å². The van der Waals surface area contributed by atoms with Gasteiger partial charge in [-0.3, -0.25) is 9.36 Å². The van der Waals surface area contributed by atoms with E-state index < -0.39 is 0 Å². The van der Waals surface area contributed by atoms with Crippen LogP contribution in [0.5, 0.6) is 0 Å². The third-order valence-electron chi connectivity index (χ3n) is 4.69. The Kier molecular flexibility index (Phi) is 5.27. The van der Waals surface area contributed by atoms with Gasteiger partial charge in [-0.25, -0.2) is 4.98 Å². The summed E-state index contributed by atoms with van der Waals surface area (Å²) in [4.78, 5) is 16.0. The molecule has 0 saturated heterocycles. The number of para-hydroxylation sites is 1. The van der Waals surface area contributed by atoms with Crippen molar-refractivity contribution in [2.24, 2.45) is 0 Å². The first-order valence-electron chi connectivity index (χ1n) is 8.91. The molecule has 6 heteroatoms. The van der Waals surface area contributed by atoms with Crippen LogP contribution >= 0.6 is 11.8 Å². The van der Waals surface area contributed by atoms with Gasteiger partial charge >= 0.3 is 0 Å². The van der Waals surface area contributed by atoms with E-state index in [4.69, 9.17) is 4.74 Å². The van der Waals surface area contributed by atoms with Gasteiger partial charge in [-0.05, 0) is 35.7 Å². The lowest BCUT2D eigenvalue weighted by Crippen LogP contribution is -2.19. The summed E-state index contributed by atoms with van der Waals surface area (Å²) >= 11 is 1.67. The maximum Gasteiger partial charge on any atom is 0.224 e. The average molecular weight is 379 g/mol. The van der Waals surface area contributed by atoms with Crippen molar-refractivity contribution in [2.45, 2.75) is 24.1 Å². The van der Waals surface area contributed by atoms with Gasteiger partial charge in [0.2, 0.25) is 5.91 Å². The lowest BCUT2D eigenvalue weighted by atomic mass is 9.98. The summed E-state index contributed by atoms with van der Waals surface area (Å²) in [6, 6.07) is 16.3. The van der Waals surface area contributed by atoms with Crippen LogP contribution in [0.3, 0.4) is 0 Å². The number of amides is 1. The van der Waals surface area contributed by atoms with Crippen LogP contribution in [0.15, 0.2) is 66.1 Å². The first-order valence-corrected chi connectivity index (χ1v) is 9.90. The van der Waals surface area contributed by atoms with Crippen LogP contribution in [-0.2, 0) is 16.0 Å². The number of methoxy groups -OCH3 is 1. The lowest BCUT2D eigenvalue weighted by Gasteiger charge is -2.21. The van der Waals surface area contributed by atoms with Gasteiger partial charge in [0.15, 0.2) is 5.16 Å². The second-order valence-corrected chi connectivity index (χ2v) is 7.40. The lowest BCUT2D eigenvalue weighted by molar-refractivity contribution is -0.116. The Morgan fingerprint density at radius 3 is 2.89 bits per heavy atom. The molecule has 3 aromatic rings. The van der Waals surface area contributed by atoms with E-state index in [-0.39, 0.29) is 12.0 Å². The molecule has 0 fully saturated rings. The number of ether oxygens (including phenoxy) is 1. The molecule has 0 spiro atoms. The molecule has 138 valence electrons. The largest absolute Gasteiger partial charge is 0.376 e. The van der Waals surface area contributed by atoms with Crippen LogP contribution in [-0.4, -0.2) is 28.3 Å². The maximum absolute atomic E-state index is 11.5. The zero-order chi connectivity index (χ0) is 18.6. The summed E-state index contributed by atoms with van der Waals surface area (Å²) in [5.41, 5.74) is 4.30. The number of carbonyl (C=O) groups excluding carboxylic acids is 1. The SMILES string of the molecule is COC(CSc1nccn1-c1ccccc1)c1ccc2c(c1)CCC(=O)N2.